The Labute approximate surface area is 115 Å². The number of nitrogen functional groups attached to an aromatic ring is 1. The van der Waals surface area contributed by atoms with Crippen molar-refractivity contribution in [2.45, 2.75) is 39.0 Å². The maximum atomic E-state index is 12.4. The van der Waals surface area contributed by atoms with E-state index in [0.717, 1.165) is 31.8 Å². The summed E-state index contributed by atoms with van der Waals surface area (Å²) in [6, 6.07) is 1.69. The Morgan fingerprint density at radius 2 is 2.32 bits per heavy atom. The molecule has 1 aromatic rings. The number of rotatable bonds is 3. The van der Waals surface area contributed by atoms with Gasteiger partial charge in [-0.05, 0) is 31.2 Å². The van der Waals surface area contributed by atoms with Gasteiger partial charge in [0.25, 0.3) is 5.91 Å². The first-order chi connectivity index (χ1) is 9.22. The van der Waals surface area contributed by atoms with E-state index in [4.69, 9.17) is 5.73 Å². The van der Waals surface area contributed by atoms with Crippen molar-refractivity contribution < 1.29 is 4.79 Å². The van der Waals surface area contributed by atoms with Crippen LogP contribution < -0.4 is 5.73 Å². The van der Waals surface area contributed by atoms with Gasteiger partial charge in [0.15, 0.2) is 0 Å². The molecule has 4 heteroatoms. The van der Waals surface area contributed by atoms with E-state index in [1.54, 1.807) is 18.5 Å². The fraction of sp³-hybridized carbons (Fsp3) is 0.600. The Hall–Kier alpha value is -1.58. The molecule has 0 radical (unpaired) electrons. The highest BCUT2D eigenvalue weighted by Crippen LogP contribution is 2.23. The van der Waals surface area contributed by atoms with Gasteiger partial charge in [-0.25, -0.2) is 0 Å². The number of nitrogens with two attached hydrogens (primary N) is 1. The standard InChI is InChI=1S/C15H23N3O/c1-2-4-12-5-3-9-18(10-7-12)15(19)13-11-17-8-6-14(13)16/h6,8,11-12H,2-5,7,9-10H2,1H3,(H2,16,17). The Morgan fingerprint density at radius 3 is 3.05 bits per heavy atom. The number of hydrogen-bond donors (Lipinski definition) is 1. The minimum Gasteiger partial charge on any atom is -0.398 e. The third kappa shape index (κ3) is 3.46. The summed E-state index contributed by atoms with van der Waals surface area (Å²) < 4.78 is 0. The average Bonchev–Trinajstić information content (AvgIpc) is 2.65. The number of hydrogen-bond acceptors (Lipinski definition) is 3. The highest BCUT2D eigenvalue weighted by Gasteiger charge is 2.22. The molecule has 4 nitrogen and oxygen atoms in total. The van der Waals surface area contributed by atoms with Gasteiger partial charge in [-0.3, -0.25) is 9.78 Å². The molecule has 1 unspecified atom stereocenters. The zero-order valence-corrected chi connectivity index (χ0v) is 11.6. The molecule has 0 spiro atoms. The van der Waals surface area contributed by atoms with E-state index in [-0.39, 0.29) is 5.91 Å². The highest BCUT2D eigenvalue weighted by atomic mass is 16.2. The minimum atomic E-state index is 0.0303. The van der Waals surface area contributed by atoms with Crippen molar-refractivity contribution in [2.24, 2.45) is 5.92 Å². The van der Waals surface area contributed by atoms with Crippen molar-refractivity contribution in [3.63, 3.8) is 0 Å². The molecule has 0 saturated carbocycles. The number of pyridine rings is 1. The van der Waals surface area contributed by atoms with Crippen LogP contribution in [0.4, 0.5) is 5.69 Å². The predicted molar refractivity (Wildman–Crippen MR) is 76.8 cm³/mol. The molecular formula is C15H23N3O. The number of likely N-dealkylation sites (tertiary alicyclic amines) is 1. The summed E-state index contributed by atoms with van der Waals surface area (Å²) in [5.41, 5.74) is 6.92. The van der Waals surface area contributed by atoms with Crippen LogP contribution in [0.5, 0.6) is 0 Å². The molecule has 2 rings (SSSR count). The first-order valence-corrected chi connectivity index (χ1v) is 7.21. The second-order valence-corrected chi connectivity index (χ2v) is 5.34. The van der Waals surface area contributed by atoms with Gasteiger partial charge in [0.1, 0.15) is 0 Å². The van der Waals surface area contributed by atoms with E-state index >= 15 is 0 Å². The Morgan fingerprint density at radius 1 is 1.47 bits per heavy atom. The molecule has 0 aromatic carbocycles. The van der Waals surface area contributed by atoms with Crippen LogP contribution in [0.1, 0.15) is 49.4 Å². The minimum absolute atomic E-state index is 0.0303. The fourth-order valence-electron chi connectivity index (χ4n) is 2.82. The van der Waals surface area contributed by atoms with Gasteiger partial charge in [0.2, 0.25) is 0 Å². The third-order valence-electron chi connectivity index (χ3n) is 3.92. The van der Waals surface area contributed by atoms with E-state index in [1.807, 2.05) is 4.90 Å². The summed E-state index contributed by atoms with van der Waals surface area (Å²) in [4.78, 5) is 18.4. The Kier molecular flexibility index (Phi) is 4.77. The maximum Gasteiger partial charge on any atom is 0.257 e. The van der Waals surface area contributed by atoms with Crippen molar-refractivity contribution in [1.82, 2.24) is 9.88 Å². The van der Waals surface area contributed by atoms with Gasteiger partial charge in [0, 0.05) is 31.2 Å². The molecule has 1 aliphatic rings. The smallest absolute Gasteiger partial charge is 0.257 e. The van der Waals surface area contributed by atoms with Gasteiger partial charge in [-0.1, -0.05) is 19.8 Å². The second-order valence-electron chi connectivity index (χ2n) is 5.34. The molecule has 1 fully saturated rings. The van der Waals surface area contributed by atoms with E-state index in [9.17, 15) is 4.79 Å². The monoisotopic (exact) mass is 261 g/mol. The maximum absolute atomic E-state index is 12.4. The third-order valence-corrected chi connectivity index (χ3v) is 3.92. The van der Waals surface area contributed by atoms with E-state index in [1.165, 1.54) is 19.3 Å². The van der Waals surface area contributed by atoms with Gasteiger partial charge >= 0.3 is 0 Å². The molecule has 1 aromatic heterocycles. The average molecular weight is 261 g/mol. The first-order valence-electron chi connectivity index (χ1n) is 7.21. The molecule has 2 heterocycles. The number of carbonyl (C=O) groups is 1. The van der Waals surface area contributed by atoms with Crippen LogP contribution in [0.3, 0.4) is 0 Å². The summed E-state index contributed by atoms with van der Waals surface area (Å²) in [6.07, 6.45) is 9.14. The molecule has 1 atom stereocenters. The summed E-state index contributed by atoms with van der Waals surface area (Å²) in [7, 11) is 0. The summed E-state index contributed by atoms with van der Waals surface area (Å²) >= 11 is 0. The van der Waals surface area contributed by atoms with Crippen molar-refractivity contribution in [3.05, 3.63) is 24.0 Å². The van der Waals surface area contributed by atoms with Crippen molar-refractivity contribution in [3.8, 4) is 0 Å². The molecule has 104 valence electrons. The summed E-state index contributed by atoms with van der Waals surface area (Å²) in [5, 5.41) is 0. The van der Waals surface area contributed by atoms with Crippen LogP contribution >= 0.6 is 0 Å². The molecule has 1 aliphatic heterocycles. The van der Waals surface area contributed by atoms with Gasteiger partial charge < -0.3 is 10.6 Å². The number of carbonyl (C=O) groups excluding carboxylic acids is 1. The van der Waals surface area contributed by atoms with Crippen molar-refractivity contribution in [1.29, 1.82) is 0 Å². The van der Waals surface area contributed by atoms with Crippen LogP contribution in [0.2, 0.25) is 0 Å². The lowest BCUT2D eigenvalue weighted by molar-refractivity contribution is 0.0760. The van der Waals surface area contributed by atoms with E-state index in [0.29, 0.717) is 11.3 Å². The van der Waals surface area contributed by atoms with Gasteiger partial charge in [-0.2, -0.15) is 0 Å². The topological polar surface area (TPSA) is 59.2 Å². The predicted octanol–water partition coefficient (Wildman–Crippen LogP) is 2.71. The number of aromatic nitrogens is 1. The van der Waals surface area contributed by atoms with Crippen LogP contribution in [0.15, 0.2) is 18.5 Å². The molecular weight excluding hydrogens is 238 g/mol. The van der Waals surface area contributed by atoms with Crippen molar-refractivity contribution in [2.75, 3.05) is 18.8 Å². The quantitative estimate of drug-likeness (QED) is 0.910. The first kappa shape index (κ1) is 13.8. The molecule has 1 saturated heterocycles. The molecule has 19 heavy (non-hydrogen) atoms. The molecule has 0 bridgehead atoms. The number of nitrogens with zero attached hydrogens (tertiary/aromatic N) is 2. The van der Waals surface area contributed by atoms with Crippen LogP contribution in [-0.2, 0) is 0 Å². The molecule has 2 N–H and O–H groups in total. The summed E-state index contributed by atoms with van der Waals surface area (Å²) in [6.45, 7) is 3.91. The normalized spacial score (nSPS) is 20.1. The van der Waals surface area contributed by atoms with E-state index in [2.05, 4.69) is 11.9 Å². The van der Waals surface area contributed by atoms with Gasteiger partial charge in [-0.15, -0.1) is 0 Å². The lowest BCUT2D eigenvalue weighted by Gasteiger charge is -2.21. The molecule has 1 amide bonds. The van der Waals surface area contributed by atoms with Crippen LogP contribution in [0, 0.1) is 5.92 Å². The van der Waals surface area contributed by atoms with Gasteiger partial charge in [0.05, 0.1) is 5.56 Å². The largest absolute Gasteiger partial charge is 0.398 e. The van der Waals surface area contributed by atoms with Crippen molar-refractivity contribution >= 4 is 11.6 Å². The highest BCUT2D eigenvalue weighted by molar-refractivity contribution is 5.98. The zero-order valence-electron chi connectivity index (χ0n) is 11.6. The lowest BCUT2D eigenvalue weighted by atomic mass is 9.96. The SMILES string of the molecule is CCCC1CCCN(C(=O)c2cnccc2N)CC1. The second kappa shape index (κ2) is 6.55. The molecule has 0 aliphatic carbocycles. The van der Waals surface area contributed by atoms with Crippen LogP contribution in [0.25, 0.3) is 0 Å². The number of anilines is 1. The van der Waals surface area contributed by atoms with E-state index < -0.39 is 0 Å². The van der Waals surface area contributed by atoms with Crippen LogP contribution in [-0.4, -0.2) is 28.9 Å². The number of amides is 1. The Balaban J connectivity index is 2.02. The summed E-state index contributed by atoms with van der Waals surface area (Å²) in [5.74, 6) is 0.803. The fourth-order valence-corrected chi connectivity index (χ4v) is 2.82. The lowest BCUT2D eigenvalue weighted by Crippen LogP contribution is -2.32. The Bertz CT molecular complexity index is 433. The zero-order chi connectivity index (χ0) is 13.7.